The van der Waals surface area contributed by atoms with Gasteiger partial charge in [0.25, 0.3) is 0 Å². The molecule has 0 radical (unpaired) electrons. The number of hydrogen-bond acceptors (Lipinski definition) is 3. The molecule has 0 aliphatic carbocycles. The molecule has 100 valence electrons. The maximum absolute atomic E-state index is 11.3. The Labute approximate surface area is 110 Å². The lowest BCUT2D eigenvalue weighted by Gasteiger charge is -2.16. The van der Waals surface area contributed by atoms with E-state index in [-0.39, 0.29) is 5.97 Å². The first-order valence-corrected chi connectivity index (χ1v) is 6.42. The van der Waals surface area contributed by atoms with Crippen LogP contribution in [0.1, 0.15) is 36.7 Å². The Hall–Kier alpha value is -1.35. The molecule has 1 aromatic carbocycles. The third kappa shape index (κ3) is 4.49. The quantitative estimate of drug-likeness (QED) is 0.788. The maximum Gasteiger partial charge on any atom is 0.337 e. The number of benzene rings is 1. The summed E-state index contributed by atoms with van der Waals surface area (Å²) in [4.78, 5) is 11.3. The first kappa shape index (κ1) is 14.7. The van der Waals surface area contributed by atoms with Crippen molar-refractivity contribution in [3.8, 4) is 0 Å². The SMILES string of the molecule is COC(=O)c1ccc(CNCC(C)C(C)C)cc1. The van der Waals surface area contributed by atoms with Gasteiger partial charge in [0.15, 0.2) is 0 Å². The smallest absolute Gasteiger partial charge is 0.337 e. The zero-order valence-electron chi connectivity index (χ0n) is 11.7. The largest absolute Gasteiger partial charge is 0.465 e. The second-order valence-electron chi connectivity index (χ2n) is 5.04. The van der Waals surface area contributed by atoms with Gasteiger partial charge in [0.2, 0.25) is 0 Å². The molecular weight excluding hydrogens is 226 g/mol. The normalized spacial score (nSPS) is 12.5. The summed E-state index contributed by atoms with van der Waals surface area (Å²) in [6.07, 6.45) is 0. The fourth-order valence-corrected chi connectivity index (χ4v) is 1.56. The molecule has 18 heavy (non-hydrogen) atoms. The Morgan fingerprint density at radius 1 is 1.22 bits per heavy atom. The molecule has 0 aromatic heterocycles. The molecule has 0 amide bonds. The minimum atomic E-state index is -0.289. The number of carbonyl (C=O) groups is 1. The van der Waals surface area contributed by atoms with Crippen molar-refractivity contribution in [2.45, 2.75) is 27.3 Å². The number of carbonyl (C=O) groups excluding carboxylic acids is 1. The fourth-order valence-electron chi connectivity index (χ4n) is 1.56. The Kier molecular flexibility index (Phi) is 5.86. The molecule has 3 nitrogen and oxygen atoms in total. The minimum absolute atomic E-state index is 0.289. The summed E-state index contributed by atoms with van der Waals surface area (Å²) >= 11 is 0. The van der Waals surface area contributed by atoms with Crippen LogP contribution in [0.15, 0.2) is 24.3 Å². The van der Waals surface area contributed by atoms with Crippen molar-refractivity contribution < 1.29 is 9.53 Å². The van der Waals surface area contributed by atoms with E-state index in [9.17, 15) is 4.79 Å². The standard InChI is InChI=1S/C15H23NO2/c1-11(2)12(3)9-16-10-13-5-7-14(8-6-13)15(17)18-4/h5-8,11-12,16H,9-10H2,1-4H3. The molecule has 1 aromatic rings. The Morgan fingerprint density at radius 2 is 1.83 bits per heavy atom. The molecule has 0 saturated carbocycles. The van der Waals surface area contributed by atoms with Gasteiger partial charge in [-0.1, -0.05) is 32.9 Å². The zero-order valence-corrected chi connectivity index (χ0v) is 11.7. The highest BCUT2D eigenvalue weighted by atomic mass is 16.5. The molecule has 0 fully saturated rings. The van der Waals surface area contributed by atoms with Crippen molar-refractivity contribution in [2.24, 2.45) is 11.8 Å². The molecule has 0 aliphatic heterocycles. The molecule has 1 atom stereocenters. The summed E-state index contributed by atoms with van der Waals surface area (Å²) in [6.45, 7) is 8.56. The first-order chi connectivity index (χ1) is 8.54. The number of esters is 1. The van der Waals surface area contributed by atoms with Gasteiger partial charge in [-0.2, -0.15) is 0 Å². The summed E-state index contributed by atoms with van der Waals surface area (Å²) in [5.41, 5.74) is 1.77. The average molecular weight is 249 g/mol. The van der Waals surface area contributed by atoms with Crippen LogP contribution < -0.4 is 5.32 Å². The fraction of sp³-hybridized carbons (Fsp3) is 0.533. The van der Waals surface area contributed by atoms with Crippen LogP contribution in [0.2, 0.25) is 0 Å². The van der Waals surface area contributed by atoms with Crippen LogP contribution in [0.3, 0.4) is 0 Å². The van der Waals surface area contributed by atoms with Gasteiger partial charge in [0, 0.05) is 6.54 Å². The topological polar surface area (TPSA) is 38.3 Å². The molecule has 1 unspecified atom stereocenters. The lowest BCUT2D eigenvalue weighted by molar-refractivity contribution is 0.0600. The van der Waals surface area contributed by atoms with Crippen LogP contribution in [0.25, 0.3) is 0 Å². The van der Waals surface area contributed by atoms with E-state index in [4.69, 9.17) is 0 Å². The molecule has 0 saturated heterocycles. The third-order valence-electron chi connectivity index (χ3n) is 3.31. The number of nitrogens with one attached hydrogen (secondary N) is 1. The second-order valence-corrected chi connectivity index (χ2v) is 5.04. The highest BCUT2D eigenvalue weighted by Gasteiger charge is 2.07. The van der Waals surface area contributed by atoms with Crippen LogP contribution >= 0.6 is 0 Å². The Morgan fingerprint density at radius 3 is 2.33 bits per heavy atom. The molecule has 3 heteroatoms. The van der Waals surface area contributed by atoms with Crippen LogP contribution in [0.4, 0.5) is 0 Å². The average Bonchev–Trinajstić information content (AvgIpc) is 2.38. The van der Waals surface area contributed by atoms with E-state index < -0.39 is 0 Å². The van der Waals surface area contributed by atoms with Crippen molar-refractivity contribution in [1.29, 1.82) is 0 Å². The summed E-state index contributed by atoms with van der Waals surface area (Å²) in [6, 6.07) is 7.52. The van der Waals surface area contributed by atoms with Gasteiger partial charge in [0.05, 0.1) is 12.7 Å². The predicted octanol–water partition coefficient (Wildman–Crippen LogP) is 2.85. The molecule has 0 heterocycles. The first-order valence-electron chi connectivity index (χ1n) is 6.42. The summed E-state index contributed by atoms with van der Waals surface area (Å²) < 4.78 is 4.66. The molecular formula is C15H23NO2. The van der Waals surface area contributed by atoms with Crippen molar-refractivity contribution >= 4 is 5.97 Å². The van der Waals surface area contributed by atoms with E-state index in [2.05, 4.69) is 30.8 Å². The van der Waals surface area contributed by atoms with Crippen LogP contribution in [-0.2, 0) is 11.3 Å². The lowest BCUT2D eigenvalue weighted by Crippen LogP contribution is -2.23. The van der Waals surface area contributed by atoms with Gasteiger partial charge in [-0.05, 0) is 36.1 Å². The van der Waals surface area contributed by atoms with Gasteiger partial charge in [0.1, 0.15) is 0 Å². The van der Waals surface area contributed by atoms with E-state index in [0.717, 1.165) is 13.1 Å². The van der Waals surface area contributed by atoms with Gasteiger partial charge in [-0.3, -0.25) is 0 Å². The van der Waals surface area contributed by atoms with Gasteiger partial charge < -0.3 is 10.1 Å². The molecule has 0 bridgehead atoms. The highest BCUT2D eigenvalue weighted by Crippen LogP contribution is 2.09. The van der Waals surface area contributed by atoms with E-state index in [1.807, 2.05) is 12.1 Å². The number of hydrogen-bond donors (Lipinski definition) is 1. The summed E-state index contributed by atoms with van der Waals surface area (Å²) in [5, 5.41) is 3.43. The Balaban J connectivity index is 2.42. The second kappa shape index (κ2) is 7.17. The minimum Gasteiger partial charge on any atom is -0.465 e. The monoisotopic (exact) mass is 249 g/mol. The Bertz CT molecular complexity index is 371. The highest BCUT2D eigenvalue weighted by molar-refractivity contribution is 5.89. The number of rotatable bonds is 6. The molecule has 0 aliphatic rings. The van der Waals surface area contributed by atoms with E-state index in [0.29, 0.717) is 17.4 Å². The van der Waals surface area contributed by atoms with Crippen molar-refractivity contribution in [1.82, 2.24) is 5.32 Å². The van der Waals surface area contributed by atoms with Gasteiger partial charge >= 0.3 is 5.97 Å². The molecule has 1 N–H and O–H groups in total. The van der Waals surface area contributed by atoms with Crippen LogP contribution in [-0.4, -0.2) is 19.6 Å². The zero-order chi connectivity index (χ0) is 13.5. The number of ether oxygens (including phenoxy) is 1. The summed E-state index contributed by atoms with van der Waals surface area (Å²) in [5.74, 6) is 1.07. The maximum atomic E-state index is 11.3. The summed E-state index contributed by atoms with van der Waals surface area (Å²) in [7, 11) is 1.39. The predicted molar refractivity (Wildman–Crippen MR) is 73.5 cm³/mol. The van der Waals surface area contributed by atoms with Crippen molar-refractivity contribution in [3.05, 3.63) is 35.4 Å². The van der Waals surface area contributed by atoms with E-state index in [1.165, 1.54) is 12.7 Å². The molecule has 1 rings (SSSR count). The van der Waals surface area contributed by atoms with E-state index >= 15 is 0 Å². The van der Waals surface area contributed by atoms with Crippen molar-refractivity contribution in [3.63, 3.8) is 0 Å². The van der Waals surface area contributed by atoms with Crippen molar-refractivity contribution in [2.75, 3.05) is 13.7 Å². The lowest BCUT2D eigenvalue weighted by atomic mass is 9.98. The number of methoxy groups -OCH3 is 1. The van der Waals surface area contributed by atoms with Gasteiger partial charge in [-0.25, -0.2) is 4.79 Å². The third-order valence-corrected chi connectivity index (χ3v) is 3.31. The van der Waals surface area contributed by atoms with Gasteiger partial charge in [-0.15, -0.1) is 0 Å². The molecule has 0 spiro atoms. The van der Waals surface area contributed by atoms with E-state index in [1.54, 1.807) is 12.1 Å². The van der Waals surface area contributed by atoms with Crippen LogP contribution in [0, 0.1) is 11.8 Å². The van der Waals surface area contributed by atoms with Crippen LogP contribution in [0.5, 0.6) is 0 Å².